The average Bonchev–Trinajstić information content (AvgIpc) is 2.88. The first-order chi connectivity index (χ1) is 17.2. The topological polar surface area (TPSA) is 74.7 Å². The van der Waals surface area contributed by atoms with E-state index in [9.17, 15) is 23.1 Å². The number of ether oxygens (including phenoxy) is 1. The van der Waals surface area contributed by atoms with Gasteiger partial charge in [0.25, 0.3) is 5.91 Å². The van der Waals surface area contributed by atoms with Crippen LogP contribution in [0, 0.1) is 12.8 Å². The number of amides is 1. The number of aromatic nitrogens is 1. The number of nitrogens with one attached hydrogen (secondary N) is 1. The van der Waals surface area contributed by atoms with Crippen molar-refractivity contribution >= 4 is 17.3 Å². The number of hydrogen-bond donors (Lipinski definition) is 2. The number of carbonyl (C=O) groups is 1. The van der Waals surface area contributed by atoms with Gasteiger partial charge >= 0.3 is 6.18 Å². The van der Waals surface area contributed by atoms with Gasteiger partial charge in [0.15, 0.2) is 0 Å². The van der Waals surface area contributed by atoms with Gasteiger partial charge in [0.2, 0.25) is 0 Å². The molecule has 188 valence electrons. The molecular weight excluding hydrogens is 471 g/mol. The molecule has 0 spiro atoms. The Morgan fingerprint density at radius 3 is 2.81 bits per heavy atom. The zero-order chi connectivity index (χ0) is 25.4. The van der Waals surface area contributed by atoms with Gasteiger partial charge in [-0.25, -0.2) is 0 Å². The number of carbonyl (C=O) groups excluding carboxylic acids is 1. The smallest absolute Gasteiger partial charge is 0.396 e. The predicted molar refractivity (Wildman–Crippen MR) is 130 cm³/mol. The molecule has 2 aliphatic rings. The number of fused-ring (bicyclic) bond motifs is 3. The molecule has 0 saturated carbocycles. The Kier molecular flexibility index (Phi) is 6.44. The number of aryl methyl sites for hydroxylation is 1. The molecule has 5 rings (SSSR count). The van der Waals surface area contributed by atoms with Crippen molar-refractivity contribution in [2.75, 3.05) is 36.6 Å². The maximum absolute atomic E-state index is 13.0. The van der Waals surface area contributed by atoms with Crippen molar-refractivity contribution in [1.82, 2.24) is 4.98 Å². The molecule has 2 aliphatic heterocycles. The van der Waals surface area contributed by atoms with Gasteiger partial charge in [0.1, 0.15) is 5.69 Å². The number of alkyl halides is 3. The van der Waals surface area contributed by atoms with Crippen molar-refractivity contribution in [3.63, 3.8) is 0 Å². The second-order valence-corrected chi connectivity index (χ2v) is 9.24. The SMILES string of the molecule is Cc1ccc(NC(=O)c2ccnc(C(F)(F)F)c2)cc1-c1ccc2c(c1)N1CCOC[C@H]1[C@@H](CO)C2. The van der Waals surface area contributed by atoms with Crippen LogP contribution >= 0.6 is 0 Å². The van der Waals surface area contributed by atoms with Gasteiger partial charge < -0.3 is 20.1 Å². The molecule has 2 N–H and O–H groups in total. The van der Waals surface area contributed by atoms with Crippen LogP contribution in [-0.2, 0) is 17.3 Å². The highest BCUT2D eigenvalue weighted by Crippen LogP contribution is 2.39. The molecule has 1 aromatic heterocycles. The number of aliphatic hydroxyl groups excluding tert-OH is 1. The van der Waals surface area contributed by atoms with Crippen LogP contribution in [0.1, 0.15) is 27.2 Å². The van der Waals surface area contributed by atoms with E-state index in [1.54, 1.807) is 6.07 Å². The van der Waals surface area contributed by atoms with Gasteiger partial charge in [-0.15, -0.1) is 0 Å². The Balaban J connectivity index is 1.43. The van der Waals surface area contributed by atoms with Crippen LogP contribution in [0.15, 0.2) is 54.7 Å². The van der Waals surface area contributed by atoms with Crippen molar-refractivity contribution in [3.8, 4) is 11.1 Å². The lowest BCUT2D eigenvalue weighted by Crippen LogP contribution is -2.53. The molecule has 3 heterocycles. The summed E-state index contributed by atoms with van der Waals surface area (Å²) in [4.78, 5) is 18.3. The lowest BCUT2D eigenvalue weighted by molar-refractivity contribution is -0.141. The van der Waals surface area contributed by atoms with Crippen LogP contribution in [0.25, 0.3) is 11.1 Å². The fraction of sp³-hybridized carbons (Fsp3) is 0.333. The number of benzene rings is 2. The summed E-state index contributed by atoms with van der Waals surface area (Å²) in [7, 11) is 0. The molecule has 2 atom stereocenters. The van der Waals surface area contributed by atoms with Crippen LogP contribution in [0.2, 0.25) is 0 Å². The Morgan fingerprint density at radius 1 is 1.19 bits per heavy atom. The standard InChI is InChI=1S/C27H26F3N3O3/c1-16-2-5-21(32-26(35)19-6-7-31-25(12-19)27(28,29)30)13-22(16)17-3-4-18-10-20(14-34)24-15-36-9-8-33(24)23(18)11-17/h2-7,11-13,20,24,34H,8-10,14-15H2,1H3,(H,32,35)/t20-,24+/m1/s1. The van der Waals surface area contributed by atoms with Crippen LogP contribution in [0.4, 0.5) is 24.5 Å². The minimum atomic E-state index is -4.63. The number of anilines is 2. The van der Waals surface area contributed by atoms with Crippen LogP contribution in [0.5, 0.6) is 0 Å². The zero-order valence-corrected chi connectivity index (χ0v) is 19.7. The number of aliphatic hydroxyl groups is 1. The van der Waals surface area contributed by atoms with Crippen molar-refractivity contribution in [2.24, 2.45) is 5.92 Å². The predicted octanol–water partition coefficient (Wildman–Crippen LogP) is 4.70. The van der Waals surface area contributed by atoms with E-state index in [2.05, 4.69) is 27.3 Å². The normalized spacial score (nSPS) is 19.4. The van der Waals surface area contributed by atoms with Crippen molar-refractivity contribution in [2.45, 2.75) is 25.6 Å². The number of rotatable bonds is 4. The maximum Gasteiger partial charge on any atom is 0.433 e. The van der Waals surface area contributed by atoms with Gasteiger partial charge in [-0.2, -0.15) is 13.2 Å². The second kappa shape index (κ2) is 9.55. The van der Waals surface area contributed by atoms with Gasteiger partial charge in [-0.1, -0.05) is 18.2 Å². The van der Waals surface area contributed by atoms with E-state index in [1.807, 2.05) is 25.1 Å². The summed E-state index contributed by atoms with van der Waals surface area (Å²) < 4.78 is 44.7. The summed E-state index contributed by atoms with van der Waals surface area (Å²) in [5.41, 5.74) is 4.43. The number of pyridine rings is 1. The largest absolute Gasteiger partial charge is 0.433 e. The number of nitrogens with zero attached hydrogens (tertiary/aromatic N) is 2. The van der Waals surface area contributed by atoms with Crippen molar-refractivity contribution in [3.05, 3.63) is 77.1 Å². The highest BCUT2D eigenvalue weighted by molar-refractivity contribution is 6.04. The maximum atomic E-state index is 13.0. The summed E-state index contributed by atoms with van der Waals surface area (Å²) in [5, 5.41) is 12.6. The molecule has 2 aromatic carbocycles. The van der Waals surface area contributed by atoms with E-state index in [0.29, 0.717) is 18.9 Å². The van der Waals surface area contributed by atoms with Gasteiger partial charge in [-0.3, -0.25) is 9.78 Å². The third-order valence-corrected chi connectivity index (χ3v) is 6.94. The summed E-state index contributed by atoms with van der Waals surface area (Å²) >= 11 is 0. The molecular formula is C27H26F3N3O3. The quantitative estimate of drug-likeness (QED) is 0.547. The first-order valence-electron chi connectivity index (χ1n) is 11.8. The Labute approximate surface area is 206 Å². The van der Waals surface area contributed by atoms with Gasteiger partial charge in [-0.05, 0) is 65.9 Å². The first-order valence-corrected chi connectivity index (χ1v) is 11.8. The lowest BCUT2D eigenvalue weighted by atomic mass is 9.84. The van der Waals surface area contributed by atoms with E-state index in [0.717, 1.165) is 47.6 Å². The Hall–Kier alpha value is -3.43. The molecule has 1 amide bonds. The minimum absolute atomic E-state index is 0.106. The summed E-state index contributed by atoms with van der Waals surface area (Å²) in [6.07, 6.45) is -2.88. The Morgan fingerprint density at radius 2 is 2.03 bits per heavy atom. The molecule has 0 radical (unpaired) electrons. The van der Waals surface area contributed by atoms with Crippen molar-refractivity contribution < 1.29 is 27.8 Å². The van der Waals surface area contributed by atoms with E-state index in [1.165, 1.54) is 11.6 Å². The average molecular weight is 498 g/mol. The highest BCUT2D eigenvalue weighted by atomic mass is 19.4. The monoisotopic (exact) mass is 497 g/mol. The van der Waals surface area contributed by atoms with E-state index < -0.39 is 17.8 Å². The fourth-order valence-electron chi connectivity index (χ4n) is 5.03. The number of hydrogen-bond acceptors (Lipinski definition) is 5. The zero-order valence-electron chi connectivity index (χ0n) is 19.7. The second-order valence-electron chi connectivity index (χ2n) is 9.24. The summed E-state index contributed by atoms with van der Waals surface area (Å²) in [6, 6.07) is 13.8. The van der Waals surface area contributed by atoms with Crippen molar-refractivity contribution in [1.29, 1.82) is 0 Å². The van der Waals surface area contributed by atoms with E-state index in [4.69, 9.17) is 4.74 Å². The van der Waals surface area contributed by atoms with E-state index in [-0.39, 0.29) is 24.1 Å². The van der Waals surface area contributed by atoms with Gasteiger partial charge in [0, 0.05) is 42.2 Å². The summed E-state index contributed by atoms with van der Waals surface area (Å²) in [5.74, 6) is -0.524. The first kappa shape index (κ1) is 24.3. The highest BCUT2D eigenvalue weighted by Gasteiger charge is 2.36. The van der Waals surface area contributed by atoms with E-state index >= 15 is 0 Å². The molecule has 1 fully saturated rings. The fourth-order valence-corrected chi connectivity index (χ4v) is 5.03. The molecule has 0 unspecified atom stereocenters. The molecule has 36 heavy (non-hydrogen) atoms. The molecule has 1 saturated heterocycles. The molecule has 6 nitrogen and oxygen atoms in total. The molecule has 9 heteroatoms. The third kappa shape index (κ3) is 4.68. The molecule has 3 aromatic rings. The number of halogens is 3. The Bertz CT molecular complexity index is 1290. The molecule has 0 bridgehead atoms. The third-order valence-electron chi connectivity index (χ3n) is 6.94. The van der Waals surface area contributed by atoms with Crippen LogP contribution < -0.4 is 10.2 Å². The van der Waals surface area contributed by atoms with Gasteiger partial charge in [0.05, 0.1) is 19.3 Å². The molecule has 0 aliphatic carbocycles. The summed E-state index contributed by atoms with van der Waals surface area (Å²) in [6.45, 7) is 4.04. The lowest BCUT2D eigenvalue weighted by Gasteiger charge is -2.46. The van der Waals surface area contributed by atoms with Crippen LogP contribution in [0.3, 0.4) is 0 Å². The minimum Gasteiger partial charge on any atom is -0.396 e. The van der Waals surface area contributed by atoms with Crippen LogP contribution in [-0.4, -0.2) is 48.4 Å². The number of morpholine rings is 1.